The molecule has 1 aliphatic rings. The lowest BCUT2D eigenvalue weighted by molar-refractivity contribution is 0.155. The van der Waals surface area contributed by atoms with E-state index in [4.69, 9.17) is 10.5 Å². The molecule has 110 valence electrons. The maximum atomic E-state index is 5.89. The van der Waals surface area contributed by atoms with Gasteiger partial charge in [0.2, 0.25) is 0 Å². The molecular weight excluding hydrogens is 248 g/mol. The molecule has 1 unspecified atom stereocenters. The zero-order valence-electron chi connectivity index (χ0n) is 12.4. The van der Waals surface area contributed by atoms with Crippen molar-refractivity contribution in [2.45, 2.75) is 31.7 Å². The summed E-state index contributed by atoms with van der Waals surface area (Å²) < 4.78 is 5.49. The van der Waals surface area contributed by atoms with Crippen LogP contribution in [0.4, 0.5) is 0 Å². The molecule has 0 heterocycles. The van der Waals surface area contributed by atoms with Crippen molar-refractivity contribution in [1.82, 2.24) is 5.32 Å². The van der Waals surface area contributed by atoms with E-state index in [1.165, 1.54) is 24.0 Å². The molecule has 0 bridgehead atoms. The third kappa shape index (κ3) is 4.75. The molecule has 1 aromatic carbocycles. The number of hydrogen-bond acceptors (Lipinski definition) is 3. The molecule has 0 radical (unpaired) electrons. The van der Waals surface area contributed by atoms with Crippen molar-refractivity contribution >= 4 is 0 Å². The first kappa shape index (κ1) is 15.2. The van der Waals surface area contributed by atoms with Crippen LogP contribution in [0.1, 0.15) is 42.9 Å². The van der Waals surface area contributed by atoms with E-state index in [-0.39, 0.29) is 6.04 Å². The molecule has 3 nitrogen and oxygen atoms in total. The first-order valence-electron chi connectivity index (χ1n) is 7.46. The third-order valence-electron chi connectivity index (χ3n) is 3.58. The summed E-state index contributed by atoms with van der Waals surface area (Å²) in [7, 11) is 0. The van der Waals surface area contributed by atoms with Crippen molar-refractivity contribution in [2.24, 2.45) is 5.73 Å². The smallest absolute Gasteiger partial charge is 0.0672 e. The zero-order chi connectivity index (χ0) is 14.4. The maximum Gasteiger partial charge on any atom is 0.0672 e. The highest BCUT2D eigenvalue weighted by molar-refractivity contribution is 5.31. The monoisotopic (exact) mass is 274 g/mol. The Morgan fingerprint density at radius 2 is 2.30 bits per heavy atom. The van der Waals surface area contributed by atoms with Crippen molar-refractivity contribution in [1.29, 1.82) is 0 Å². The lowest BCUT2D eigenvalue weighted by atomic mass is 10.0. The Morgan fingerprint density at radius 1 is 1.50 bits per heavy atom. The summed E-state index contributed by atoms with van der Waals surface area (Å²) in [6.45, 7) is 8.52. The van der Waals surface area contributed by atoms with Crippen molar-refractivity contribution in [2.75, 3.05) is 26.3 Å². The average Bonchev–Trinajstić information content (AvgIpc) is 3.27. The summed E-state index contributed by atoms with van der Waals surface area (Å²) in [5, 5.41) is 3.47. The van der Waals surface area contributed by atoms with Gasteiger partial charge in [-0.05, 0) is 36.8 Å². The second kappa shape index (κ2) is 7.58. The first-order valence-corrected chi connectivity index (χ1v) is 7.46. The minimum Gasteiger partial charge on any atom is -0.376 e. The number of hydrogen-bond donors (Lipinski definition) is 2. The quantitative estimate of drug-likeness (QED) is 0.538. The molecule has 0 amide bonds. The Morgan fingerprint density at radius 3 is 2.95 bits per heavy atom. The van der Waals surface area contributed by atoms with Crippen molar-refractivity contribution < 1.29 is 4.74 Å². The van der Waals surface area contributed by atoms with E-state index in [1.54, 1.807) is 0 Å². The summed E-state index contributed by atoms with van der Waals surface area (Å²) >= 11 is 0. The predicted octanol–water partition coefficient (Wildman–Crippen LogP) is 2.75. The Bertz CT molecular complexity index is 440. The van der Waals surface area contributed by atoms with Crippen molar-refractivity contribution in [3.63, 3.8) is 0 Å². The second-order valence-corrected chi connectivity index (χ2v) is 5.70. The lowest BCUT2D eigenvalue weighted by Crippen LogP contribution is -2.31. The molecule has 1 atom stereocenters. The van der Waals surface area contributed by atoms with Crippen LogP contribution in [-0.2, 0) is 4.74 Å². The number of ether oxygens (including phenoxy) is 1. The number of nitrogens with two attached hydrogens (primary N) is 1. The molecule has 1 fully saturated rings. The van der Waals surface area contributed by atoms with Gasteiger partial charge in [-0.15, -0.1) is 0 Å². The summed E-state index contributed by atoms with van der Waals surface area (Å²) in [6, 6.07) is 9.04. The summed E-state index contributed by atoms with van der Waals surface area (Å²) in [5.41, 5.74) is 9.69. The molecule has 0 spiro atoms. The van der Waals surface area contributed by atoms with Crippen molar-refractivity contribution in [3.8, 4) is 0 Å². The number of rotatable bonds is 9. The van der Waals surface area contributed by atoms with Crippen LogP contribution in [0.25, 0.3) is 0 Å². The Hall–Kier alpha value is -1.16. The summed E-state index contributed by atoms with van der Waals surface area (Å²) in [6.07, 6.45) is 2.66. The maximum absolute atomic E-state index is 5.89. The lowest BCUT2D eigenvalue weighted by Gasteiger charge is -2.18. The van der Waals surface area contributed by atoms with Crippen LogP contribution in [0.2, 0.25) is 0 Å². The first-order chi connectivity index (χ1) is 9.70. The molecule has 1 aromatic rings. The van der Waals surface area contributed by atoms with Gasteiger partial charge < -0.3 is 15.8 Å². The van der Waals surface area contributed by atoms with E-state index in [9.17, 15) is 0 Å². The van der Waals surface area contributed by atoms with Gasteiger partial charge in [-0.2, -0.15) is 0 Å². The van der Waals surface area contributed by atoms with Crippen LogP contribution in [0, 0.1) is 0 Å². The summed E-state index contributed by atoms with van der Waals surface area (Å²) in [5.74, 6) is 0.785. The molecule has 2 rings (SSSR count). The van der Waals surface area contributed by atoms with Gasteiger partial charge in [0, 0.05) is 19.1 Å². The molecule has 20 heavy (non-hydrogen) atoms. The highest BCUT2D eigenvalue weighted by Gasteiger charge is 2.24. The molecule has 3 heteroatoms. The van der Waals surface area contributed by atoms with Crippen molar-refractivity contribution in [3.05, 3.63) is 47.5 Å². The largest absolute Gasteiger partial charge is 0.376 e. The highest BCUT2D eigenvalue weighted by Crippen LogP contribution is 2.40. The number of benzene rings is 1. The Kier molecular flexibility index (Phi) is 5.77. The van der Waals surface area contributed by atoms with E-state index in [0.717, 1.165) is 18.0 Å². The molecule has 1 saturated carbocycles. The van der Waals surface area contributed by atoms with Crippen LogP contribution in [0.5, 0.6) is 0 Å². The van der Waals surface area contributed by atoms with Gasteiger partial charge >= 0.3 is 0 Å². The van der Waals surface area contributed by atoms with E-state index in [2.05, 4.69) is 36.2 Å². The molecule has 0 saturated heterocycles. The van der Waals surface area contributed by atoms with Gasteiger partial charge in [-0.25, -0.2) is 0 Å². The Labute approximate surface area is 122 Å². The molecule has 0 aliphatic heterocycles. The van der Waals surface area contributed by atoms with Gasteiger partial charge in [-0.3, -0.25) is 0 Å². The number of nitrogens with one attached hydrogen (secondary N) is 1. The minimum absolute atomic E-state index is 0.210. The third-order valence-corrected chi connectivity index (χ3v) is 3.58. The van der Waals surface area contributed by atoms with Gasteiger partial charge in [-0.1, -0.05) is 36.4 Å². The molecular formula is C17H26N2O. The van der Waals surface area contributed by atoms with Crippen LogP contribution < -0.4 is 11.1 Å². The fraction of sp³-hybridized carbons (Fsp3) is 0.529. The van der Waals surface area contributed by atoms with Gasteiger partial charge in [0.1, 0.15) is 0 Å². The minimum atomic E-state index is 0.210. The van der Waals surface area contributed by atoms with Crippen LogP contribution in [-0.4, -0.2) is 26.3 Å². The summed E-state index contributed by atoms with van der Waals surface area (Å²) in [4.78, 5) is 0. The average molecular weight is 274 g/mol. The molecule has 0 aromatic heterocycles. The molecule has 3 N–H and O–H groups in total. The second-order valence-electron chi connectivity index (χ2n) is 5.70. The standard InChI is InChI=1S/C17H26N2O/c1-13(2)12-20-9-8-19-17(11-18)16-5-3-4-15(10-16)14-6-7-14/h3-5,10,14,17,19H,1,6-9,11-12,18H2,2H3. The normalized spacial score (nSPS) is 16.1. The predicted molar refractivity (Wildman–Crippen MR) is 83.8 cm³/mol. The fourth-order valence-electron chi connectivity index (χ4n) is 2.34. The zero-order valence-corrected chi connectivity index (χ0v) is 12.4. The van der Waals surface area contributed by atoms with Gasteiger partial charge in [0.15, 0.2) is 0 Å². The highest BCUT2D eigenvalue weighted by atomic mass is 16.5. The van der Waals surface area contributed by atoms with E-state index < -0.39 is 0 Å². The molecule has 1 aliphatic carbocycles. The van der Waals surface area contributed by atoms with Crippen LogP contribution >= 0.6 is 0 Å². The van der Waals surface area contributed by atoms with Gasteiger partial charge in [0.25, 0.3) is 0 Å². The van der Waals surface area contributed by atoms with E-state index in [1.807, 2.05) is 6.92 Å². The van der Waals surface area contributed by atoms with Crippen LogP contribution in [0.3, 0.4) is 0 Å². The fourth-order valence-corrected chi connectivity index (χ4v) is 2.34. The van der Waals surface area contributed by atoms with Gasteiger partial charge in [0.05, 0.1) is 13.2 Å². The van der Waals surface area contributed by atoms with E-state index in [0.29, 0.717) is 19.8 Å². The van der Waals surface area contributed by atoms with Crippen LogP contribution in [0.15, 0.2) is 36.4 Å². The van der Waals surface area contributed by atoms with E-state index >= 15 is 0 Å². The SMILES string of the molecule is C=C(C)COCCNC(CN)c1cccc(C2CC2)c1. The Balaban J connectivity index is 1.81. The topological polar surface area (TPSA) is 47.3 Å².